The van der Waals surface area contributed by atoms with Gasteiger partial charge >= 0.3 is 5.97 Å². The highest BCUT2D eigenvalue weighted by atomic mass is 16.5. The third-order valence-corrected chi connectivity index (χ3v) is 5.67. The normalized spacial score (nSPS) is 36.5. The lowest BCUT2D eigenvalue weighted by atomic mass is 9.49. The molecule has 0 unspecified atom stereocenters. The molecule has 0 atom stereocenters. The molecule has 0 saturated heterocycles. The van der Waals surface area contributed by atoms with Gasteiger partial charge in [0.25, 0.3) is 0 Å². The van der Waals surface area contributed by atoms with Crippen LogP contribution in [0.15, 0.2) is 0 Å². The van der Waals surface area contributed by atoms with Gasteiger partial charge in [-0.3, -0.25) is 9.59 Å². The quantitative estimate of drug-likeness (QED) is 0.605. The zero-order valence-corrected chi connectivity index (χ0v) is 13.0. The zero-order valence-electron chi connectivity index (χ0n) is 13.0. The first-order valence-electron chi connectivity index (χ1n) is 8.55. The Kier molecular flexibility index (Phi) is 4.23. The molecule has 0 radical (unpaired) electrons. The van der Waals surface area contributed by atoms with Crippen molar-refractivity contribution in [1.82, 2.24) is 5.32 Å². The molecular formula is C17H27NO3. The first-order chi connectivity index (χ1) is 10.1. The summed E-state index contributed by atoms with van der Waals surface area (Å²) in [6.07, 6.45) is 8.44. The molecule has 118 valence electrons. The topological polar surface area (TPSA) is 55.4 Å². The van der Waals surface area contributed by atoms with Crippen LogP contribution in [0.3, 0.4) is 0 Å². The molecule has 1 N–H and O–H groups in total. The zero-order chi connectivity index (χ0) is 14.9. The van der Waals surface area contributed by atoms with E-state index >= 15 is 0 Å². The Balaban J connectivity index is 1.46. The van der Waals surface area contributed by atoms with E-state index in [4.69, 9.17) is 4.74 Å². The number of nitrogens with one attached hydrogen (secondary N) is 1. The van der Waals surface area contributed by atoms with Crippen molar-refractivity contribution in [3.05, 3.63) is 0 Å². The molecule has 21 heavy (non-hydrogen) atoms. The van der Waals surface area contributed by atoms with E-state index < -0.39 is 0 Å². The highest BCUT2D eigenvalue weighted by Gasteiger charge is 2.54. The SMILES string of the molecule is CCOC(=O)CCCNC(=O)C12CC3CC(CC(C3)C1)C2. The summed E-state index contributed by atoms with van der Waals surface area (Å²) in [7, 11) is 0. The second-order valence-corrected chi connectivity index (χ2v) is 7.36. The van der Waals surface area contributed by atoms with E-state index in [0.29, 0.717) is 26.0 Å². The molecule has 4 bridgehead atoms. The van der Waals surface area contributed by atoms with Crippen LogP contribution in [0.2, 0.25) is 0 Å². The Hall–Kier alpha value is -1.06. The summed E-state index contributed by atoms with van der Waals surface area (Å²) >= 11 is 0. The smallest absolute Gasteiger partial charge is 0.305 e. The van der Waals surface area contributed by atoms with Gasteiger partial charge in [-0.25, -0.2) is 0 Å². The fourth-order valence-electron chi connectivity index (χ4n) is 5.24. The monoisotopic (exact) mass is 293 g/mol. The second-order valence-electron chi connectivity index (χ2n) is 7.36. The Morgan fingerprint density at radius 2 is 1.67 bits per heavy atom. The summed E-state index contributed by atoms with van der Waals surface area (Å²) in [6, 6.07) is 0. The van der Waals surface area contributed by atoms with Crippen LogP contribution in [0, 0.1) is 23.2 Å². The van der Waals surface area contributed by atoms with Crippen LogP contribution in [0.5, 0.6) is 0 Å². The molecular weight excluding hydrogens is 266 g/mol. The van der Waals surface area contributed by atoms with Gasteiger partial charge in [0.15, 0.2) is 0 Å². The summed E-state index contributed by atoms with van der Waals surface area (Å²) in [5.41, 5.74) is -0.0708. The Morgan fingerprint density at radius 1 is 1.10 bits per heavy atom. The fraction of sp³-hybridized carbons (Fsp3) is 0.882. The van der Waals surface area contributed by atoms with E-state index in [2.05, 4.69) is 5.32 Å². The van der Waals surface area contributed by atoms with Crippen LogP contribution in [0.1, 0.15) is 58.3 Å². The number of hydrogen-bond acceptors (Lipinski definition) is 3. The minimum atomic E-state index is -0.165. The van der Waals surface area contributed by atoms with E-state index in [1.165, 1.54) is 19.3 Å². The van der Waals surface area contributed by atoms with Crippen LogP contribution < -0.4 is 5.32 Å². The lowest BCUT2D eigenvalue weighted by molar-refractivity contribution is -0.147. The Bertz CT molecular complexity index is 383. The summed E-state index contributed by atoms with van der Waals surface area (Å²) in [4.78, 5) is 23.9. The van der Waals surface area contributed by atoms with E-state index in [9.17, 15) is 9.59 Å². The largest absolute Gasteiger partial charge is 0.466 e. The minimum absolute atomic E-state index is 0.0708. The predicted octanol–water partition coefficient (Wildman–Crippen LogP) is 2.66. The van der Waals surface area contributed by atoms with E-state index in [1.807, 2.05) is 6.92 Å². The lowest BCUT2D eigenvalue weighted by Crippen LogP contribution is -2.53. The molecule has 0 heterocycles. The molecule has 0 aromatic carbocycles. The summed E-state index contributed by atoms with van der Waals surface area (Å²) in [5.74, 6) is 2.47. The summed E-state index contributed by atoms with van der Waals surface area (Å²) in [5, 5.41) is 3.09. The van der Waals surface area contributed by atoms with Crippen LogP contribution in [-0.4, -0.2) is 25.0 Å². The van der Waals surface area contributed by atoms with Crippen molar-refractivity contribution in [2.45, 2.75) is 58.3 Å². The summed E-state index contributed by atoms with van der Waals surface area (Å²) < 4.78 is 4.90. The molecule has 4 fully saturated rings. The molecule has 4 heteroatoms. The maximum Gasteiger partial charge on any atom is 0.305 e. The van der Waals surface area contributed by atoms with Gasteiger partial charge in [0, 0.05) is 18.4 Å². The maximum absolute atomic E-state index is 12.6. The molecule has 4 rings (SSSR count). The number of carbonyl (C=O) groups excluding carboxylic acids is 2. The van der Waals surface area contributed by atoms with Crippen molar-refractivity contribution in [3.63, 3.8) is 0 Å². The standard InChI is InChI=1S/C17H27NO3/c1-2-21-15(19)4-3-5-18-16(20)17-9-12-6-13(10-17)8-14(7-12)11-17/h12-14H,2-11H2,1H3,(H,18,20). The van der Waals surface area contributed by atoms with Gasteiger partial charge in [-0.2, -0.15) is 0 Å². The molecule has 4 aliphatic carbocycles. The van der Waals surface area contributed by atoms with E-state index in [0.717, 1.165) is 37.0 Å². The molecule has 0 aromatic heterocycles. The van der Waals surface area contributed by atoms with Crippen molar-refractivity contribution in [2.24, 2.45) is 23.2 Å². The molecule has 4 aliphatic rings. The Labute approximate surface area is 127 Å². The fourth-order valence-corrected chi connectivity index (χ4v) is 5.24. The highest BCUT2D eigenvalue weighted by Crippen LogP contribution is 2.60. The van der Waals surface area contributed by atoms with Crippen molar-refractivity contribution < 1.29 is 14.3 Å². The van der Waals surface area contributed by atoms with Crippen molar-refractivity contribution >= 4 is 11.9 Å². The van der Waals surface area contributed by atoms with Crippen LogP contribution in [-0.2, 0) is 14.3 Å². The first kappa shape index (κ1) is 14.9. The van der Waals surface area contributed by atoms with Gasteiger partial charge in [0.2, 0.25) is 5.91 Å². The maximum atomic E-state index is 12.6. The van der Waals surface area contributed by atoms with Crippen molar-refractivity contribution in [2.75, 3.05) is 13.2 Å². The molecule has 1 amide bonds. The van der Waals surface area contributed by atoms with Crippen molar-refractivity contribution in [3.8, 4) is 0 Å². The molecule has 0 aliphatic heterocycles. The molecule has 0 aromatic rings. The first-order valence-corrected chi connectivity index (χ1v) is 8.55. The van der Waals surface area contributed by atoms with Gasteiger partial charge in [-0.1, -0.05) is 0 Å². The van der Waals surface area contributed by atoms with Gasteiger partial charge < -0.3 is 10.1 Å². The van der Waals surface area contributed by atoms with Crippen LogP contribution in [0.25, 0.3) is 0 Å². The van der Waals surface area contributed by atoms with Gasteiger partial charge in [0.1, 0.15) is 0 Å². The third kappa shape index (κ3) is 3.09. The predicted molar refractivity (Wildman–Crippen MR) is 79.5 cm³/mol. The average molecular weight is 293 g/mol. The number of carbonyl (C=O) groups is 2. The lowest BCUT2D eigenvalue weighted by Gasteiger charge is -2.55. The number of amides is 1. The van der Waals surface area contributed by atoms with E-state index in [-0.39, 0.29) is 17.3 Å². The minimum Gasteiger partial charge on any atom is -0.466 e. The average Bonchev–Trinajstić information content (AvgIpc) is 2.42. The van der Waals surface area contributed by atoms with Gasteiger partial charge in [0.05, 0.1) is 6.61 Å². The third-order valence-electron chi connectivity index (χ3n) is 5.67. The molecule has 0 spiro atoms. The summed E-state index contributed by atoms with van der Waals surface area (Å²) in [6.45, 7) is 2.84. The Morgan fingerprint density at radius 3 is 2.19 bits per heavy atom. The second kappa shape index (κ2) is 5.98. The van der Waals surface area contributed by atoms with Crippen LogP contribution >= 0.6 is 0 Å². The number of ether oxygens (including phenoxy) is 1. The molecule has 4 saturated carbocycles. The highest BCUT2D eigenvalue weighted by molar-refractivity contribution is 5.83. The van der Waals surface area contributed by atoms with E-state index in [1.54, 1.807) is 0 Å². The van der Waals surface area contributed by atoms with Crippen LogP contribution in [0.4, 0.5) is 0 Å². The van der Waals surface area contributed by atoms with Gasteiger partial charge in [-0.05, 0) is 69.6 Å². The number of hydrogen-bond donors (Lipinski definition) is 1. The molecule has 4 nitrogen and oxygen atoms in total. The van der Waals surface area contributed by atoms with Crippen molar-refractivity contribution in [1.29, 1.82) is 0 Å². The number of rotatable bonds is 6. The van der Waals surface area contributed by atoms with Gasteiger partial charge in [-0.15, -0.1) is 0 Å². The number of esters is 1.